The fourth-order valence-electron chi connectivity index (χ4n) is 2.03. The molecule has 17 heavy (non-hydrogen) atoms. The van der Waals surface area contributed by atoms with Crippen LogP contribution in [0.2, 0.25) is 0 Å². The smallest absolute Gasteiger partial charge is 0.0716 e. The van der Waals surface area contributed by atoms with E-state index in [1.807, 2.05) is 18.2 Å². The molecule has 0 aliphatic carbocycles. The van der Waals surface area contributed by atoms with E-state index in [-0.39, 0.29) is 6.04 Å². The van der Waals surface area contributed by atoms with Crippen molar-refractivity contribution in [2.75, 3.05) is 13.2 Å². The number of nitrogens with two attached hydrogens (primary N) is 1. The van der Waals surface area contributed by atoms with Gasteiger partial charge in [0, 0.05) is 12.6 Å². The largest absolute Gasteiger partial charge is 0.377 e. The molecule has 94 valence electrons. The first-order valence-electron chi connectivity index (χ1n) is 6.33. The fourth-order valence-corrected chi connectivity index (χ4v) is 2.03. The van der Waals surface area contributed by atoms with Gasteiger partial charge in [0.2, 0.25) is 0 Å². The molecule has 0 saturated carbocycles. The van der Waals surface area contributed by atoms with Crippen molar-refractivity contribution in [3.05, 3.63) is 35.9 Å². The zero-order chi connectivity index (χ0) is 11.9. The molecule has 1 saturated heterocycles. The summed E-state index contributed by atoms with van der Waals surface area (Å²) < 4.78 is 11.3. The number of ether oxygens (including phenoxy) is 2. The molecular weight excluding hydrogens is 214 g/mol. The van der Waals surface area contributed by atoms with Gasteiger partial charge < -0.3 is 15.2 Å². The van der Waals surface area contributed by atoms with Crippen molar-refractivity contribution in [2.45, 2.75) is 38.0 Å². The lowest BCUT2D eigenvalue weighted by Gasteiger charge is -2.26. The normalized spacial score (nSPS) is 24.8. The van der Waals surface area contributed by atoms with Crippen LogP contribution in [0.15, 0.2) is 30.3 Å². The van der Waals surface area contributed by atoms with E-state index >= 15 is 0 Å². The van der Waals surface area contributed by atoms with Crippen LogP contribution in [-0.4, -0.2) is 25.4 Å². The summed E-state index contributed by atoms with van der Waals surface area (Å²) in [5, 5.41) is 0. The van der Waals surface area contributed by atoms with Gasteiger partial charge in [-0.05, 0) is 24.8 Å². The molecule has 1 heterocycles. The second-order valence-electron chi connectivity index (χ2n) is 4.62. The van der Waals surface area contributed by atoms with Crippen LogP contribution in [-0.2, 0) is 16.1 Å². The van der Waals surface area contributed by atoms with E-state index in [1.165, 1.54) is 5.56 Å². The van der Waals surface area contributed by atoms with E-state index in [0.29, 0.717) is 19.3 Å². The minimum atomic E-state index is 0.233. The van der Waals surface area contributed by atoms with E-state index in [9.17, 15) is 0 Å². The number of benzene rings is 1. The van der Waals surface area contributed by atoms with Gasteiger partial charge in [0.15, 0.2) is 0 Å². The zero-order valence-corrected chi connectivity index (χ0v) is 10.2. The molecule has 1 fully saturated rings. The molecule has 0 bridgehead atoms. The zero-order valence-electron chi connectivity index (χ0n) is 10.2. The second-order valence-corrected chi connectivity index (χ2v) is 4.62. The van der Waals surface area contributed by atoms with E-state index in [0.717, 1.165) is 25.9 Å². The predicted molar refractivity (Wildman–Crippen MR) is 67.7 cm³/mol. The highest BCUT2D eigenvalue weighted by molar-refractivity contribution is 5.13. The lowest BCUT2D eigenvalue weighted by molar-refractivity contribution is -0.0177. The van der Waals surface area contributed by atoms with Crippen molar-refractivity contribution in [2.24, 2.45) is 5.73 Å². The summed E-state index contributed by atoms with van der Waals surface area (Å²) in [7, 11) is 0. The Balaban J connectivity index is 1.57. The third-order valence-corrected chi connectivity index (χ3v) is 3.10. The summed E-state index contributed by atoms with van der Waals surface area (Å²) in [4.78, 5) is 0. The van der Waals surface area contributed by atoms with Crippen LogP contribution in [0.3, 0.4) is 0 Å². The fraction of sp³-hybridized carbons (Fsp3) is 0.571. The highest BCUT2D eigenvalue weighted by atomic mass is 16.5. The number of hydrogen-bond acceptors (Lipinski definition) is 3. The Morgan fingerprint density at radius 1 is 1.24 bits per heavy atom. The minimum Gasteiger partial charge on any atom is -0.377 e. The van der Waals surface area contributed by atoms with Crippen LogP contribution in [0, 0.1) is 0 Å². The van der Waals surface area contributed by atoms with Gasteiger partial charge in [-0.1, -0.05) is 30.3 Å². The maximum Gasteiger partial charge on any atom is 0.0716 e. The standard InChI is InChI=1S/C14H21NO2/c15-13-6-7-14(17-11-13)8-9-16-10-12-4-2-1-3-5-12/h1-5,13-14H,6-11,15H2. The Labute approximate surface area is 103 Å². The van der Waals surface area contributed by atoms with E-state index < -0.39 is 0 Å². The van der Waals surface area contributed by atoms with Crippen LogP contribution >= 0.6 is 0 Å². The minimum absolute atomic E-state index is 0.233. The topological polar surface area (TPSA) is 44.5 Å². The Hall–Kier alpha value is -0.900. The molecule has 0 radical (unpaired) electrons. The molecule has 1 aliphatic rings. The summed E-state index contributed by atoms with van der Waals surface area (Å²) >= 11 is 0. The Bertz CT molecular complexity index is 307. The molecule has 0 amide bonds. The van der Waals surface area contributed by atoms with Crippen molar-refractivity contribution in [3.63, 3.8) is 0 Å². The molecular formula is C14H21NO2. The molecule has 3 heteroatoms. The van der Waals surface area contributed by atoms with E-state index in [2.05, 4.69) is 12.1 Å². The molecule has 1 aliphatic heterocycles. The van der Waals surface area contributed by atoms with Gasteiger partial charge in [-0.3, -0.25) is 0 Å². The monoisotopic (exact) mass is 235 g/mol. The van der Waals surface area contributed by atoms with E-state index in [1.54, 1.807) is 0 Å². The van der Waals surface area contributed by atoms with Crippen molar-refractivity contribution >= 4 is 0 Å². The van der Waals surface area contributed by atoms with Crippen molar-refractivity contribution in [1.29, 1.82) is 0 Å². The predicted octanol–water partition coefficient (Wildman–Crippen LogP) is 2.10. The summed E-state index contributed by atoms with van der Waals surface area (Å²) in [5.74, 6) is 0. The maximum atomic E-state index is 5.77. The molecule has 1 aromatic carbocycles. The van der Waals surface area contributed by atoms with Gasteiger partial charge in [0.05, 0.1) is 19.3 Å². The average molecular weight is 235 g/mol. The molecule has 2 unspecified atom stereocenters. The summed E-state index contributed by atoms with van der Waals surface area (Å²) in [6.07, 6.45) is 3.45. The van der Waals surface area contributed by atoms with Crippen LogP contribution in [0.1, 0.15) is 24.8 Å². The van der Waals surface area contributed by atoms with Gasteiger partial charge in [0.25, 0.3) is 0 Å². The summed E-state index contributed by atoms with van der Waals surface area (Å²) in [6.45, 7) is 2.14. The first-order chi connectivity index (χ1) is 8.34. The van der Waals surface area contributed by atoms with Crippen LogP contribution in [0.25, 0.3) is 0 Å². The Morgan fingerprint density at radius 3 is 2.76 bits per heavy atom. The van der Waals surface area contributed by atoms with Gasteiger partial charge in [0.1, 0.15) is 0 Å². The quantitative estimate of drug-likeness (QED) is 0.795. The van der Waals surface area contributed by atoms with Crippen LogP contribution < -0.4 is 5.73 Å². The lowest BCUT2D eigenvalue weighted by atomic mass is 10.0. The molecule has 1 aromatic rings. The van der Waals surface area contributed by atoms with Crippen molar-refractivity contribution in [1.82, 2.24) is 0 Å². The third-order valence-electron chi connectivity index (χ3n) is 3.10. The van der Waals surface area contributed by atoms with Gasteiger partial charge in [-0.25, -0.2) is 0 Å². The first-order valence-corrected chi connectivity index (χ1v) is 6.33. The summed E-state index contributed by atoms with van der Waals surface area (Å²) in [5.41, 5.74) is 6.99. The van der Waals surface area contributed by atoms with Crippen LogP contribution in [0.4, 0.5) is 0 Å². The molecule has 0 spiro atoms. The highest BCUT2D eigenvalue weighted by Crippen LogP contribution is 2.15. The summed E-state index contributed by atoms with van der Waals surface area (Å²) in [6, 6.07) is 10.5. The number of hydrogen-bond donors (Lipinski definition) is 1. The van der Waals surface area contributed by atoms with Crippen molar-refractivity contribution in [3.8, 4) is 0 Å². The van der Waals surface area contributed by atoms with Crippen molar-refractivity contribution < 1.29 is 9.47 Å². The molecule has 2 rings (SSSR count). The maximum absolute atomic E-state index is 5.77. The van der Waals surface area contributed by atoms with Gasteiger partial charge >= 0.3 is 0 Å². The molecule has 2 atom stereocenters. The van der Waals surface area contributed by atoms with Gasteiger partial charge in [-0.15, -0.1) is 0 Å². The Morgan fingerprint density at radius 2 is 2.06 bits per heavy atom. The third kappa shape index (κ3) is 4.46. The molecule has 3 nitrogen and oxygen atoms in total. The first kappa shape index (κ1) is 12.6. The van der Waals surface area contributed by atoms with Gasteiger partial charge in [-0.2, -0.15) is 0 Å². The molecule has 2 N–H and O–H groups in total. The highest BCUT2D eigenvalue weighted by Gasteiger charge is 2.18. The Kier molecular flexibility index (Phi) is 4.98. The SMILES string of the molecule is NC1CCC(CCOCc2ccccc2)OC1. The van der Waals surface area contributed by atoms with Crippen LogP contribution in [0.5, 0.6) is 0 Å². The number of rotatable bonds is 5. The lowest BCUT2D eigenvalue weighted by Crippen LogP contribution is -2.35. The van der Waals surface area contributed by atoms with E-state index in [4.69, 9.17) is 15.2 Å². The average Bonchev–Trinajstić information content (AvgIpc) is 2.38. The second kappa shape index (κ2) is 6.74. The molecule has 0 aromatic heterocycles.